The van der Waals surface area contributed by atoms with Crippen molar-refractivity contribution >= 4 is 71.4 Å². The second kappa shape index (κ2) is 5.83. The Morgan fingerprint density at radius 1 is 1.10 bits per heavy atom. The molecule has 3 nitrogen and oxygen atoms in total. The van der Waals surface area contributed by atoms with Crippen LogP contribution in [-0.4, -0.2) is 4.98 Å². The third-order valence-electron chi connectivity index (χ3n) is 3.07. The number of fused-ring (bicyclic) bond motifs is 1. The first kappa shape index (κ1) is 14.6. The van der Waals surface area contributed by atoms with Crippen LogP contribution in [0.5, 0.6) is 0 Å². The van der Waals surface area contributed by atoms with Gasteiger partial charge in [-0.2, -0.15) is 0 Å². The minimum atomic E-state index is 0.649. The number of hydrogen-bond acceptors (Lipinski definition) is 3. The van der Waals surface area contributed by atoms with Crippen molar-refractivity contribution in [2.75, 3.05) is 11.1 Å². The van der Waals surface area contributed by atoms with Gasteiger partial charge in [-0.25, -0.2) is 0 Å². The number of hydrogen-bond donors (Lipinski definition) is 2. The number of nitrogen functional groups attached to an aromatic ring is 1. The number of rotatable bonds is 2. The third kappa shape index (κ3) is 2.86. The lowest BCUT2D eigenvalue weighted by Gasteiger charge is -2.13. The highest BCUT2D eigenvalue weighted by molar-refractivity contribution is 9.11. The highest BCUT2D eigenvalue weighted by Gasteiger charge is 2.09. The second-order valence-electron chi connectivity index (χ2n) is 4.48. The maximum absolute atomic E-state index is 6.12. The molecule has 0 aliphatic heterocycles. The van der Waals surface area contributed by atoms with Crippen molar-refractivity contribution in [2.45, 2.75) is 0 Å². The lowest BCUT2D eigenvalue weighted by Crippen LogP contribution is -1.96. The number of benzene rings is 2. The molecule has 0 saturated heterocycles. The first-order valence-corrected chi connectivity index (χ1v) is 8.07. The fourth-order valence-corrected chi connectivity index (χ4v) is 2.93. The molecule has 106 valence electrons. The number of pyridine rings is 1. The number of aromatic nitrogens is 1. The maximum Gasteiger partial charge on any atom is 0.0958 e. The number of halogens is 3. The van der Waals surface area contributed by atoms with Crippen molar-refractivity contribution < 1.29 is 0 Å². The normalized spacial score (nSPS) is 10.8. The van der Waals surface area contributed by atoms with Crippen molar-refractivity contribution in [3.05, 3.63) is 56.6 Å². The van der Waals surface area contributed by atoms with E-state index in [1.165, 1.54) is 0 Å². The third-order valence-corrected chi connectivity index (χ3v) is 4.90. The Hall–Kier alpha value is -1.30. The van der Waals surface area contributed by atoms with Crippen molar-refractivity contribution in [1.82, 2.24) is 4.98 Å². The second-order valence-corrected chi connectivity index (χ2v) is 6.59. The van der Waals surface area contributed by atoms with Crippen LogP contribution < -0.4 is 11.1 Å². The Balaban J connectivity index is 2.13. The minimum Gasteiger partial charge on any atom is -0.398 e. The summed E-state index contributed by atoms with van der Waals surface area (Å²) < 4.78 is 1.71. The van der Waals surface area contributed by atoms with Crippen LogP contribution >= 0.6 is 43.5 Å². The molecule has 1 heterocycles. The Morgan fingerprint density at radius 2 is 1.90 bits per heavy atom. The van der Waals surface area contributed by atoms with Crippen LogP contribution in [-0.2, 0) is 0 Å². The summed E-state index contributed by atoms with van der Waals surface area (Å²) in [5.41, 5.74) is 9.27. The molecule has 6 heteroatoms. The van der Waals surface area contributed by atoms with Gasteiger partial charge in [-0.15, -0.1) is 0 Å². The van der Waals surface area contributed by atoms with E-state index >= 15 is 0 Å². The van der Waals surface area contributed by atoms with E-state index in [4.69, 9.17) is 17.3 Å². The summed E-state index contributed by atoms with van der Waals surface area (Å²) >= 11 is 13.0. The standard InChI is InChI=1S/C15H10Br2ClN3/c16-8-6-9-11(19)4-5-13(15(9)20-7-8)21-12-3-1-2-10(18)14(12)17/h1-7,21H,19H2. The largest absolute Gasteiger partial charge is 0.398 e. The van der Waals surface area contributed by atoms with Gasteiger partial charge in [0.05, 0.1) is 26.4 Å². The Kier molecular flexibility index (Phi) is 4.06. The van der Waals surface area contributed by atoms with Crippen LogP contribution in [0.15, 0.2) is 51.5 Å². The Morgan fingerprint density at radius 3 is 2.71 bits per heavy atom. The SMILES string of the molecule is Nc1ccc(Nc2cccc(Cl)c2Br)c2ncc(Br)cc12. The van der Waals surface area contributed by atoms with E-state index in [0.29, 0.717) is 10.7 Å². The quantitative estimate of drug-likeness (QED) is 0.513. The molecule has 0 unspecified atom stereocenters. The molecular formula is C15H10Br2ClN3. The number of anilines is 3. The van der Waals surface area contributed by atoms with Crippen LogP contribution in [0.25, 0.3) is 10.9 Å². The van der Waals surface area contributed by atoms with E-state index < -0.39 is 0 Å². The van der Waals surface area contributed by atoms with Gasteiger partial charge in [0.2, 0.25) is 0 Å². The molecule has 0 amide bonds. The van der Waals surface area contributed by atoms with Gasteiger partial charge in [-0.1, -0.05) is 17.7 Å². The van der Waals surface area contributed by atoms with Crippen molar-refractivity contribution in [3.8, 4) is 0 Å². The van der Waals surface area contributed by atoms with Gasteiger partial charge < -0.3 is 11.1 Å². The number of nitrogens with one attached hydrogen (secondary N) is 1. The Labute approximate surface area is 143 Å². The zero-order chi connectivity index (χ0) is 15.0. The van der Waals surface area contributed by atoms with Gasteiger partial charge >= 0.3 is 0 Å². The topological polar surface area (TPSA) is 50.9 Å². The summed E-state index contributed by atoms with van der Waals surface area (Å²) in [5, 5.41) is 4.88. The predicted molar refractivity (Wildman–Crippen MR) is 96.3 cm³/mol. The van der Waals surface area contributed by atoms with Crippen LogP contribution in [0.1, 0.15) is 0 Å². The van der Waals surface area contributed by atoms with Gasteiger partial charge in [0.25, 0.3) is 0 Å². The van der Waals surface area contributed by atoms with E-state index in [-0.39, 0.29) is 0 Å². The maximum atomic E-state index is 6.12. The van der Waals surface area contributed by atoms with Gasteiger partial charge in [-0.05, 0) is 62.2 Å². The fraction of sp³-hybridized carbons (Fsp3) is 0. The van der Waals surface area contributed by atoms with Crippen LogP contribution in [0.2, 0.25) is 5.02 Å². The summed E-state index contributed by atoms with van der Waals surface area (Å²) in [6.45, 7) is 0. The number of nitrogens with zero attached hydrogens (tertiary/aromatic N) is 1. The highest BCUT2D eigenvalue weighted by atomic mass is 79.9. The fourth-order valence-electron chi connectivity index (χ4n) is 2.06. The molecule has 0 saturated carbocycles. The molecule has 3 N–H and O–H groups in total. The molecule has 0 fully saturated rings. The van der Waals surface area contributed by atoms with Crippen molar-refractivity contribution in [3.63, 3.8) is 0 Å². The molecule has 0 radical (unpaired) electrons. The predicted octanol–water partition coefficient (Wildman–Crippen LogP) is 5.74. The molecule has 3 aromatic rings. The number of nitrogens with two attached hydrogens (primary N) is 1. The average molecular weight is 428 g/mol. The van der Waals surface area contributed by atoms with Gasteiger partial charge in [0.1, 0.15) is 0 Å². The summed E-state index contributed by atoms with van der Waals surface area (Å²) in [4.78, 5) is 4.45. The molecule has 0 spiro atoms. The molecule has 1 aromatic heterocycles. The van der Waals surface area contributed by atoms with Crippen molar-refractivity contribution in [1.29, 1.82) is 0 Å². The minimum absolute atomic E-state index is 0.649. The van der Waals surface area contributed by atoms with Crippen LogP contribution in [0, 0.1) is 0 Å². The first-order valence-electron chi connectivity index (χ1n) is 6.11. The lowest BCUT2D eigenvalue weighted by molar-refractivity contribution is 1.38. The summed E-state index contributed by atoms with van der Waals surface area (Å²) in [6.07, 6.45) is 1.75. The molecule has 2 aromatic carbocycles. The van der Waals surface area contributed by atoms with Gasteiger partial charge in [-0.3, -0.25) is 4.98 Å². The van der Waals surface area contributed by atoms with Crippen LogP contribution in [0.4, 0.5) is 17.1 Å². The van der Waals surface area contributed by atoms with E-state index in [1.807, 2.05) is 36.4 Å². The molecule has 0 bridgehead atoms. The average Bonchev–Trinajstić information content (AvgIpc) is 2.47. The molecule has 0 aliphatic rings. The lowest BCUT2D eigenvalue weighted by atomic mass is 10.1. The van der Waals surface area contributed by atoms with E-state index in [9.17, 15) is 0 Å². The molecule has 0 aliphatic carbocycles. The van der Waals surface area contributed by atoms with Gasteiger partial charge in [0.15, 0.2) is 0 Å². The summed E-state index contributed by atoms with van der Waals surface area (Å²) in [7, 11) is 0. The molecule has 21 heavy (non-hydrogen) atoms. The molecule has 3 rings (SSSR count). The molecule has 0 atom stereocenters. The summed E-state index contributed by atoms with van der Waals surface area (Å²) in [6, 6.07) is 11.4. The van der Waals surface area contributed by atoms with Gasteiger partial charge in [0, 0.05) is 21.7 Å². The van der Waals surface area contributed by atoms with Crippen LogP contribution in [0.3, 0.4) is 0 Å². The van der Waals surface area contributed by atoms with E-state index in [2.05, 4.69) is 42.2 Å². The monoisotopic (exact) mass is 425 g/mol. The first-order chi connectivity index (χ1) is 10.1. The highest BCUT2D eigenvalue weighted by Crippen LogP contribution is 2.35. The van der Waals surface area contributed by atoms with E-state index in [0.717, 1.165) is 31.2 Å². The Bertz CT molecular complexity index is 837. The van der Waals surface area contributed by atoms with E-state index in [1.54, 1.807) is 6.20 Å². The smallest absolute Gasteiger partial charge is 0.0958 e. The molecular weight excluding hydrogens is 417 g/mol. The zero-order valence-electron chi connectivity index (χ0n) is 10.7. The van der Waals surface area contributed by atoms with Crippen molar-refractivity contribution in [2.24, 2.45) is 0 Å². The summed E-state index contributed by atoms with van der Waals surface area (Å²) in [5.74, 6) is 0. The zero-order valence-corrected chi connectivity index (χ0v) is 14.6.